The van der Waals surface area contributed by atoms with Crippen LogP contribution in [0.25, 0.3) is 0 Å². The summed E-state index contributed by atoms with van der Waals surface area (Å²) in [7, 11) is 1.83. The summed E-state index contributed by atoms with van der Waals surface area (Å²) in [5.41, 5.74) is 4.44. The van der Waals surface area contributed by atoms with Gasteiger partial charge in [-0.3, -0.25) is 19.2 Å². The molecule has 7 nitrogen and oxygen atoms in total. The Morgan fingerprint density at radius 1 is 0.941 bits per heavy atom. The second-order valence-corrected chi connectivity index (χ2v) is 8.94. The van der Waals surface area contributed by atoms with Gasteiger partial charge < -0.3 is 9.80 Å². The summed E-state index contributed by atoms with van der Waals surface area (Å²) in [5.74, 6) is -0.0176. The van der Waals surface area contributed by atoms with Crippen LogP contribution in [0, 0.1) is 6.92 Å². The Labute approximate surface area is 201 Å². The fraction of sp³-hybridized carbons (Fsp3) is 0.370. The van der Waals surface area contributed by atoms with Gasteiger partial charge in [-0.25, -0.2) is 0 Å². The fourth-order valence-electron chi connectivity index (χ4n) is 4.62. The number of carbonyl (C=O) groups is 2. The number of rotatable bonds is 3. The predicted molar refractivity (Wildman–Crippen MR) is 133 cm³/mol. The summed E-state index contributed by atoms with van der Waals surface area (Å²) in [5, 5.41) is 4.37. The van der Waals surface area contributed by atoms with Crippen molar-refractivity contribution >= 4 is 17.5 Å². The largest absolute Gasteiger partial charge is 0.333 e. The Bertz CT molecular complexity index is 1140. The third-order valence-corrected chi connectivity index (χ3v) is 6.35. The number of aromatic nitrogens is 2. The second-order valence-electron chi connectivity index (χ2n) is 8.94. The van der Waals surface area contributed by atoms with Gasteiger partial charge in [0.15, 0.2) is 0 Å². The average molecular weight is 460 g/mol. The number of amides is 2. The maximum absolute atomic E-state index is 13.6. The van der Waals surface area contributed by atoms with Crippen LogP contribution < -0.4 is 4.90 Å². The molecule has 0 aliphatic carbocycles. The number of fused-ring (bicyclic) bond motifs is 1. The van der Waals surface area contributed by atoms with Crippen molar-refractivity contribution in [3.63, 3.8) is 0 Å². The minimum atomic E-state index is -0.0336. The first kappa shape index (κ1) is 23.7. The summed E-state index contributed by atoms with van der Waals surface area (Å²) < 4.78 is 1.68. The minimum Gasteiger partial charge on any atom is -0.333 e. The zero-order chi connectivity index (χ0) is 24.1. The van der Waals surface area contributed by atoms with Crippen LogP contribution in [0.4, 0.5) is 5.69 Å². The number of hydrogen-bond acceptors (Lipinski definition) is 4. The first-order chi connectivity index (χ1) is 16.4. The maximum Gasteiger partial charge on any atom is 0.257 e. The van der Waals surface area contributed by atoms with Gasteiger partial charge in [0.1, 0.15) is 0 Å². The molecule has 1 aliphatic heterocycles. The van der Waals surface area contributed by atoms with Gasteiger partial charge in [0.05, 0.1) is 11.3 Å². The zero-order valence-electron chi connectivity index (χ0n) is 20.3. The molecular formula is C27H33N5O2. The molecule has 3 aromatic rings. The van der Waals surface area contributed by atoms with Crippen molar-refractivity contribution in [2.75, 3.05) is 31.1 Å². The Hall–Kier alpha value is -3.45. The van der Waals surface area contributed by atoms with Crippen molar-refractivity contribution in [1.82, 2.24) is 19.6 Å². The molecule has 1 aliphatic rings. The molecule has 0 unspecified atom stereocenters. The van der Waals surface area contributed by atoms with E-state index in [1.165, 1.54) is 5.56 Å². The lowest BCUT2D eigenvalue weighted by molar-refractivity contribution is -0.116. The first-order valence-electron chi connectivity index (χ1n) is 11.8. The smallest absolute Gasteiger partial charge is 0.257 e. The van der Waals surface area contributed by atoms with E-state index in [1.807, 2.05) is 54.1 Å². The first-order valence-corrected chi connectivity index (χ1v) is 11.8. The Morgan fingerprint density at radius 3 is 2.38 bits per heavy atom. The SMILES string of the molecule is CC(=O)N1CCCN(Cc2ccccc2)CCN(C(=O)c2cn(C)nc2C)Cc2ccccc21. The van der Waals surface area contributed by atoms with Gasteiger partial charge >= 0.3 is 0 Å². The lowest BCUT2D eigenvalue weighted by atomic mass is 10.1. The van der Waals surface area contributed by atoms with E-state index in [1.54, 1.807) is 17.8 Å². The molecule has 178 valence electrons. The Kier molecular flexibility index (Phi) is 7.43. The van der Waals surface area contributed by atoms with Crippen LogP contribution in [0.15, 0.2) is 60.8 Å². The highest BCUT2D eigenvalue weighted by molar-refractivity contribution is 5.95. The Morgan fingerprint density at radius 2 is 1.68 bits per heavy atom. The summed E-state index contributed by atoms with van der Waals surface area (Å²) in [4.78, 5) is 32.3. The van der Waals surface area contributed by atoms with Gasteiger partial charge in [0.25, 0.3) is 5.91 Å². The van der Waals surface area contributed by atoms with E-state index in [-0.39, 0.29) is 11.8 Å². The quantitative estimate of drug-likeness (QED) is 0.600. The van der Waals surface area contributed by atoms with E-state index in [2.05, 4.69) is 34.3 Å². The molecule has 0 bridgehead atoms. The molecule has 0 fully saturated rings. The lowest BCUT2D eigenvalue weighted by Gasteiger charge is -2.28. The van der Waals surface area contributed by atoms with Crippen LogP contribution in [-0.2, 0) is 24.9 Å². The van der Waals surface area contributed by atoms with Crippen LogP contribution in [-0.4, -0.2) is 57.6 Å². The molecule has 2 heterocycles. The third-order valence-electron chi connectivity index (χ3n) is 6.35. The van der Waals surface area contributed by atoms with Crippen LogP contribution in [0.2, 0.25) is 0 Å². The van der Waals surface area contributed by atoms with Crippen molar-refractivity contribution in [2.45, 2.75) is 33.4 Å². The molecule has 0 atom stereocenters. The molecule has 0 N–H and O–H groups in total. The predicted octanol–water partition coefficient (Wildman–Crippen LogP) is 3.63. The van der Waals surface area contributed by atoms with Gasteiger partial charge in [-0.1, -0.05) is 48.5 Å². The van der Waals surface area contributed by atoms with E-state index < -0.39 is 0 Å². The molecular weight excluding hydrogens is 426 g/mol. The number of nitrogens with zero attached hydrogens (tertiary/aromatic N) is 5. The molecule has 2 amide bonds. The van der Waals surface area contributed by atoms with E-state index in [4.69, 9.17) is 0 Å². The van der Waals surface area contributed by atoms with Crippen molar-refractivity contribution in [2.24, 2.45) is 7.05 Å². The van der Waals surface area contributed by atoms with E-state index >= 15 is 0 Å². The molecule has 0 radical (unpaired) electrons. The highest BCUT2D eigenvalue weighted by atomic mass is 16.2. The molecule has 34 heavy (non-hydrogen) atoms. The van der Waals surface area contributed by atoms with Gasteiger partial charge in [0.2, 0.25) is 5.91 Å². The number of hydrogen-bond donors (Lipinski definition) is 0. The fourth-order valence-corrected chi connectivity index (χ4v) is 4.62. The lowest BCUT2D eigenvalue weighted by Crippen LogP contribution is -2.38. The molecule has 0 spiro atoms. The van der Waals surface area contributed by atoms with Crippen LogP contribution in [0.1, 0.15) is 40.5 Å². The number of carbonyl (C=O) groups excluding carboxylic acids is 2. The van der Waals surface area contributed by atoms with Gasteiger partial charge in [0, 0.05) is 65.1 Å². The monoisotopic (exact) mass is 459 g/mol. The van der Waals surface area contributed by atoms with Crippen molar-refractivity contribution in [1.29, 1.82) is 0 Å². The summed E-state index contributed by atoms with van der Waals surface area (Å²) in [6.45, 7) is 7.56. The van der Waals surface area contributed by atoms with E-state index in [0.717, 1.165) is 43.0 Å². The van der Waals surface area contributed by atoms with Crippen molar-refractivity contribution < 1.29 is 9.59 Å². The molecule has 0 saturated carbocycles. The summed E-state index contributed by atoms with van der Waals surface area (Å²) in [6, 6.07) is 18.3. The highest BCUT2D eigenvalue weighted by Gasteiger charge is 2.24. The minimum absolute atomic E-state index is 0.0160. The van der Waals surface area contributed by atoms with Gasteiger partial charge in [-0.15, -0.1) is 0 Å². The molecule has 4 rings (SSSR count). The summed E-state index contributed by atoms with van der Waals surface area (Å²) >= 11 is 0. The van der Waals surface area contributed by atoms with E-state index in [9.17, 15) is 9.59 Å². The molecule has 0 saturated heterocycles. The van der Waals surface area contributed by atoms with E-state index in [0.29, 0.717) is 25.2 Å². The van der Waals surface area contributed by atoms with Crippen LogP contribution in [0.5, 0.6) is 0 Å². The van der Waals surface area contributed by atoms with Gasteiger partial charge in [-0.05, 0) is 30.5 Å². The Balaban J connectivity index is 1.67. The van der Waals surface area contributed by atoms with Crippen molar-refractivity contribution in [3.8, 4) is 0 Å². The maximum atomic E-state index is 13.6. The second kappa shape index (κ2) is 10.7. The standard InChI is InChI=1S/C27H33N5O2/c1-21-25(20-29(3)28-21)27(34)31-17-16-30(18-23-10-5-4-6-11-23)14-9-15-32(22(2)33)26-13-8-7-12-24(26)19-31/h4-8,10-13,20H,9,14-19H2,1-3H3. The highest BCUT2D eigenvalue weighted by Crippen LogP contribution is 2.25. The van der Waals surface area contributed by atoms with Crippen LogP contribution >= 0.6 is 0 Å². The number of para-hydroxylation sites is 1. The average Bonchev–Trinajstić information content (AvgIpc) is 3.15. The molecule has 1 aromatic heterocycles. The zero-order valence-corrected chi connectivity index (χ0v) is 20.3. The molecule has 2 aromatic carbocycles. The van der Waals surface area contributed by atoms with Crippen LogP contribution in [0.3, 0.4) is 0 Å². The molecule has 7 heteroatoms. The normalized spacial score (nSPS) is 15.5. The topological polar surface area (TPSA) is 61.7 Å². The number of benzene rings is 2. The van der Waals surface area contributed by atoms with Crippen molar-refractivity contribution in [3.05, 3.63) is 83.2 Å². The third kappa shape index (κ3) is 5.54. The number of aryl methyl sites for hydroxylation is 2. The summed E-state index contributed by atoms with van der Waals surface area (Å²) in [6.07, 6.45) is 2.65. The number of anilines is 1. The van der Waals surface area contributed by atoms with Gasteiger partial charge in [-0.2, -0.15) is 5.10 Å².